The molecule has 0 radical (unpaired) electrons. The highest BCUT2D eigenvalue weighted by Gasteiger charge is 2.64. The number of amides is 4. The second-order valence-corrected chi connectivity index (χ2v) is 18.9. The Kier molecular flexibility index (Phi) is 9.93. The molecule has 4 amide bonds. The number of carbonyl (C=O) groups is 4. The molecule has 2 aromatic rings. The molecule has 1 aromatic heterocycles. The van der Waals surface area contributed by atoms with E-state index < -0.39 is 81.0 Å². The number of nitrogens with zero attached hydrogens (tertiary/aromatic N) is 2. The Morgan fingerprint density at radius 1 is 1.11 bits per heavy atom. The maximum atomic E-state index is 14.7. The number of ether oxygens (including phenoxy) is 3. The zero-order valence-electron chi connectivity index (χ0n) is 31.9. The highest BCUT2D eigenvalue weighted by Crippen LogP contribution is 2.52. The molecule has 0 bridgehead atoms. The standard InChI is InChI=1S/C40H50FN5O9S/c1-38(16-17-38)56(51,52)45-36(49)40-21-25(40)8-6-4-3-5-7-9-29(43-37(50)54-19-18-41)35(48)46-23-39(22-31(46)34(47)44-40)15-14-28-27-13-12-26(53-2)20-30(27)42-32(24-10-11-24)33(28)55-39/h6,8,12-13,20,24-25,29,31H,3-5,7,9-11,14-19,21-23H2,1-2H3,(H,43,50)(H,44,47)(H,45,49)/t25-,29+,31+,39-,40-/m1/s1. The molecule has 3 aliphatic heterocycles. The summed E-state index contributed by atoms with van der Waals surface area (Å²) in [7, 11) is -2.39. The molecule has 8 rings (SSSR count). The van der Waals surface area contributed by atoms with Crippen LogP contribution in [0.25, 0.3) is 10.9 Å². The molecule has 1 saturated heterocycles. The summed E-state index contributed by atoms with van der Waals surface area (Å²) in [6.45, 7) is 0.252. The van der Waals surface area contributed by atoms with Crippen molar-refractivity contribution in [2.75, 3.05) is 26.9 Å². The number of allylic oxidation sites excluding steroid dienone is 1. The number of aryl methyl sites for hydroxylation is 1. The van der Waals surface area contributed by atoms with Gasteiger partial charge in [0.2, 0.25) is 21.8 Å². The number of hydrogen-bond donors (Lipinski definition) is 3. The van der Waals surface area contributed by atoms with Crippen molar-refractivity contribution in [3.8, 4) is 11.5 Å². The van der Waals surface area contributed by atoms with Crippen LogP contribution in [-0.2, 0) is 35.6 Å². The van der Waals surface area contributed by atoms with Gasteiger partial charge in [-0.05, 0) is 83.3 Å². The van der Waals surface area contributed by atoms with Crippen LogP contribution < -0.4 is 24.8 Å². The normalized spacial score (nSPS) is 29.8. The minimum atomic E-state index is -4.01. The molecule has 3 N–H and O–H groups in total. The van der Waals surface area contributed by atoms with Crippen molar-refractivity contribution in [2.45, 2.75) is 124 Å². The zero-order chi connectivity index (χ0) is 39.5. The molecule has 6 aliphatic rings. The van der Waals surface area contributed by atoms with Crippen LogP contribution in [0.15, 0.2) is 30.4 Å². The molecule has 14 nitrogen and oxygen atoms in total. The SMILES string of the molecule is COc1ccc2c3c(c(C4CC4)nc2c1)O[C@]1(CC3)C[C@H]2C(=O)N[C@]3(C(=O)NS(=O)(=O)C4(C)CC4)C[C@H]3C=CCCCCC[C@H](NC(=O)OCCF)C(=O)N2C1. The summed E-state index contributed by atoms with van der Waals surface area (Å²) in [5.74, 6) is -0.824. The molecule has 16 heteroatoms. The number of pyridine rings is 1. The van der Waals surface area contributed by atoms with Crippen molar-refractivity contribution in [3.63, 3.8) is 0 Å². The molecule has 3 aliphatic carbocycles. The van der Waals surface area contributed by atoms with Gasteiger partial charge in [0.05, 0.1) is 29.6 Å². The van der Waals surface area contributed by atoms with E-state index in [1.54, 1.807) is 14.0 Å². The Balaban J connectivity index is 1.14. The average molecular weight is 796 g/mol. The molecule has 0 unspecified atom stereocenters. The van der Waals surface area contributed by atoms with E-state index in [-0.39, 0.29) is 31.7 Å². The number of fused-ring (bicyclic) bond motifs is 5. The number of benzene rings is 1. The van der Waals surface area contributed by atoms with Crippen molar-refractivity contribution in [1.82, 2.24) is 25.2 Å². The third kappa shape index (κ3) is 7.17. The van der Waals surface area contributed by atoms with Gasteiger partial charge in [-0.3, -0.25) is 19.1 Å². The smallest absolute Gasteiger partial charge is 0.407 e. The topological polar surface area (TPSA) is 182 Å². The van der Waals surface area contributed by atoms with Gasteiger partial charge in [-0.15, -0.1) is 0 Å². The highest BCUT2D eigenvalue weighted by molar-refractivity contribution is 7.91. The number of aromatic nitrogens is 1. The van der Waals surface area contributed by atoms with Crippen LogP contribution in [0.1, 0.15) is 101 Å². The number of hydrogen-bond acceptors (Lipinski definition) is 10. The van der Waals surface area contributed by atoms with Gasteiger partial charge < -0.3 is 29.7 Å². The Hall–Kier alpha value is -4.47. The monoisotopic (exact) mass is 795 g/mol. The van der Waals surface area contributed by atoms with E-state index in [2.05, 4.69) is 15.4 Å². The van der Waals surface area contributed by atoms with Gasteiger partial charge in [0.25, 0.3) is 5.91 Å². The predicted molar refractivity (Wildman–Crippen MR) is 202 cm³/mol. The molecule has 56 heavy (non-hydrogen) atoms. The minimum Gasteiger partial charge on any atom is -0.497 e. The van der Waals surface area contributed by atoms with E-state index in [1.165, 1.54) is 4.90 Å². The number of halogens is 1. The van der Waals surface area contributed by atoms with E-state index in [0.29, 0.717) is 50.0 Å². The number of alkyl carbamates (subject to hydrolysis) is 1. The summed E-state index contributed by atoms with van der Waals surface area (Å²) in [4.78, 5) is 62.5. The maximum Gasteiger partial charge on any atom is 0.407 e. The number of methoxy groups -OCH3 is 1. The molecular formula is C40H50FN5O9S. The largest absolute Gasteiger partial charge is 0.497 e. The van der Waals surface area contributed by atoms with Gasteiger partial charge in [0.15, 0.2) is 0 Å². The highest BCUT2D eigenvalue weighted by atomic mass is 32.2. The third-order valence-electron chi connectivity index (χ3n) is 12.6. The average Bonchev–Trinajstić information content (AvgIpc) is 4.11. The van der Waals surface area contributed by atoms with Crippen LogP contribution in [-0.4, -0.2) is 97.0 Å². The van der Waals surface area contributed by atoms with Gasteiger partial charge in [0.1, 0.15) is 48.0 Å². The fourth-order valence-electron chi connectivity index (χ4n) is 8.61. The number of rotatable bonds is 8. The lowest BCUT2D eigenvalue weighted by Gasteiger charge is -2.37. The molecule has 302 valence electrons. The Morgan fingerprint density at radius 3 is 2.64 bits per heavy atom. The first-order chi connectivity index (χ1) is 26.8. The molecule has 5 atom stereocenters. The number of nitrogens with one attached hydrogen (secondary N) is 3. The van der Waals surface area contributed by atoms with Gasteiger partial charge in [-0.2, -0.15) is 0 Å². The summed E-state index contributed by atoms with van der Waals surface area (Å²) >= 11 is 0. The van der Waals surface area contributed by atoms with Crippen molar-refractivity contribution in [1.29, 1.82) is 0 Å². The van der Waals surface area contributed by atoms with Crippen molar-refractivity contribution < 1.29 is 46.2 Å². The van der Waals surface area contributed by atoms with Crippen molar-refractivity contribution in [3.05, 3.63) is 41.6 Å². The van der Waals surface area contributed by atoms with Crippen LogP contribution in [0, 0.1) is 5.92 Å². The molecular weight excluding hydrogens is 746 g/mol. The predicted octanol–water partition coefficient (Wildman–Crippen LogP) is 4.24. The van der Waals surface area contributed by atoms with E-state index in [9.17, 15) is 32.0 Å². The number of carbonyl (C=O) groups excluding carboxylic acids is 4. The van der Waals surface area contributed by atoms with Gasteiger partial charge >= 0.3 is 6.09 Å². The molecule has 4 heterocycles. The van der Waals surface area contributed by atoms with Crippen LogP contribution in [0.4, 0.5) is 9.18 Å². The Labute approximate surface area is 325 Å². The van der Waals surface area contributed by atoms with E-state index >= 15 is 0 Å². The van der Waals surface area contributed by atoms with Crippen LogP contribution in [0.3, 0.4) is 0 Å². The second kappa shape index (κ2) is 14.5. The quantitative estimate of drug-likeness (QED) is 0.327. The zero-order valence-corrected chi connectivity index (χ0v) is 32.7. The van der Waals surface area contributed by atoms with E-state index in [0.717, 1.165) is 47.8 Å². The number of alkyl halides is 1. The Morgan fingerprint density at radius 2 is 1.91 bits per heavy atom. The molecule has 1 spiro atoms. The maximum absolute atomic E-state index is 14.7. The lowest BCUT2D eigenvalue weighted by atomic mass is 9.86. The number of sulfonamides is 1. The summed E-state index contributed by atoms with van der Waals surface area (Å²) in [5.41, 5.74) is 0.107. The van der Waals surface area contributed by atoms with Gasteiger partial charge in [0, 0.05) is 35.3 Å². The Bertz CT molecular complexity index is 2090. The van der Waals surface area contributed by atoms with Crippen molar-refractivity contribution >= 4 is 44.7 Å². The molecule has 3 saturated carbocycles. The molecule has 4 fully saturated rings. The molecule has 1 aromatic carbocycles. The summed E-state index contributed by atoms with van der Waals surface area (Å²) in [5, 5.41) is 6.49. The van der Waals surface area contributed by atoms with Crippen LogP contribution in [0.5, 0.6) is 11.5 Å². The van der Waals surface area contributed by atoms with Crippen LogP contribution in [0.2, 0.25) is 0 Å². The fourth-order valence-corrected chi connectivity index (χ4v) is 9.93. The summed E-state index contributed by atoms with van der Waals surface area (Å²) < 4.78 is 58.0. The lowest BCUT2D eigenvalue weighted by molar-refractivity contribution is -0.141. The third-order valence-corrected chi connectivity index (χ3v) is 14.8. The van der Waals surface area contributed by atoms with E-state index in [1.807, 2.05) is 30.4 Å². The first kappa shape index (κ1) is 38.4. The van der Waals surface area contributed by atoms with E-state index in [4.69, 9.17) is 19.2 Å². The fraction of sp³-hybridized carbons (Fsp3) is 0.625. The van der Waals surface area contributed by atoms with Gasteiger partial charge in [-0.1, -0.05) is 25.0 Å². The summed E-state index contributed by atoms with van der Waals surface area (Å²) in [6, 6.07) is 3.56. The van der Waals surface area contributed by atoms with Gasteiger partial charge in [-0.25, -0.2) is 22.6 Å². The van der Waals surface area contributed by atoms with Crippen molar-refractivity contribution in [2.24, 2.45) is 5.92 Å². The van der Waals surface area contributed by atoms with Crippen LogP contribution >= 0.6 is 0 Å². The minimum absolute atomic E-state index is 0.0150. The summed E-state index contributed by atoms with van der Waals surface area (Å²) in [6.07, 6.45) is 9.96. The lowest BCUT2D eigenvalue weighted by Crippen LogP contribution is -2.58. The first-order valence-electron chi connectivity index (χ1n) is 19.9. The second-order valence-electron chi connectivity index (χ2n) is 16.7. The first-order valence-corrected chi connectivity index (χ1v) is 21.3.